The van der Waals surface area contributed by atoms with Crippen molar-refractivity contribution in [2.45, 2.75) is 19.3 Å². The van der Waals surface area contributed by atoms with Gasteiger partial charge in [-0.25, -0.2) is 13.6 Å². The van der Waals surface area contributed by atoms with Crippen LogP contribution in [0, 0.1) is 0 Å². The summed E-state index contributed by atoms with van der Waals surface area (Å²) in [4.78, 5) is 13.1. The number of esters is 1. The number of anilines is 2. The Bertz CT molecular complexity index is 492. The zero-order valence-electron chi connectivity index (χ0n) is 10.7. The molecule has 0 saturated carbocycles. The topological polar surface area (TPSA) is 55.6 Å². The lowest BCUT2D eigenvalue weighted by Crippen LogP contribution is -2.25. The van der Waals surface area contributed by atoms with Gasteiger partial charge >= 0.3 is 5.97 Å². The van der Waals surface area contributed by atoms with Crippen molar-refractivity contribution in [1.82, 2.24) is 0 Å². The molecule has 1 aromatic carbocycles. The van der Waals surface area contributed by atoms with E-state index in [0.29, 0.717) is 5.69 Å². The number of nitrogens with zero attached hydrogens (tertiary/aromatic N) is 1. The van der Waals surface area contributed by atoms with Crippen molar-refractivity contribution in [2.24, 2.45) is 0 Å². The number of nitrogen functional groups attached to an aromatic ring is 1. The molecule has 1 fully saturated rings. The van der Waals surface area contributed by atoms with Crippen LogP contribution in [0.4, 0.5) is 20.2 Å². The first-order chi connectivity index (χ1) is 8.93. The molecule has 0 unspecified atom stereocenters. The number of benzene rings is 1. The molecule has 0 amide bonds. The van der Waals surface area contributed by atoms with Gasteiger partial charge in [-0.1, -0.05) is 0 Å². The van der Waals surface area contributed by atoms with Crippen LogP contribution in [0.5, 0.6) is 0 Å². The van der Waals surface area contributed by atoms with E-state index in [2.05, 4.69) is 0 Å². The van der Waals surface area contributed by atoms with Gasteiger partial charge < -0.3 is 15.4 Å². The second kappa shape index (κ2) is 5.03. The summed E-state index contributed by atoms with van der Waals surface area (Å²) in [6.45, 7) is 1.93. The summed E-state index contributed by atoms with van der Waals surface area (Å²) in [5, 5.41) is 0. The fourth-order valence-electron chi connectivity index (χ4n) is 2.10. The Labute approximate surface area is 110 Å². The van der Waals surface area contributed by atoms with E-state index >= 15 is 0 Å². The summed E-state index contributed by atoms with van der Waals surface area (Å²) >= 11 is 0. The molecule has 19 heavy (non-hydrogen) atoms. The molecule has 104 valence electrons. The largest absolute Gasteiger partial charge is 0.462 e. The number of nitrogens with two attached hydrogens (primary N) is 1. The van der Waals surface area contributed by atoms with E-state index in [1.165, 1.54) is 12.1 Å². The molecule has 1 aliphatic heterocycles. The molecule has 4 nitrogen and oxygen atoms in total. The predicted molar refractivity (Wildman–Crippen MR) is 68.6 cm³/mol. The molecule has 0 spiro atoms. The van der Waals surface area contributed by atoms with E-state index in [1.807, 2.05) is 0 Å². The van der Waals surface area contributed by atoms with E-state index in [0.717, 1.165) is 0 Å². The molecule has 1 heterocycles. The van der Waals surface area contributed by atoms with Gasteiger partial charge in [0.15, 0.2) is 0 Å². The van der Waals surface area contributed by atoms with E-state index in [-0.39, 0.29) is 37.4 Å². The average Bonchev–Trinajstić information content (AvgIpc) is 2.70. The summed E-state index contributed by atoms with van der Waals surface area (Å²) in [6, 6.07) is 4.66. The molecule has 1 aromatic rings. The monoisotopic (exact) mass is 270 g/mol. The van der Waals surface area contributed by atoms with E-state index in [1.54, 1.807) is 17.9 Å². The molecule has 0 atom stereocenters. The first kappa shape index (κ1) is 13.6. The lowest BCUT2D eigenvalue weighted by molar-refractivity contribution is 0.0257. The highest BCUT2D eigenvalue weighted by Crippen LogP contribution is 2.32. The summed E-state index contributed by atoms with van der Waals surface area (Å²) in [5.41, 5.74) is 6.88. The van der Waals surface area contributed by atoms with Gasteiger partial charge in [0.25, 0.3) is 5.92 Å². The Morgan fingerprint density at radius 1 is 1.53 bits per heavy atom. The third-order valence-electron chi connectivity index (χ3n) is 3.07. The predicted octanol–water partition coefficient (Wildman–Crippen LogP) is 2.29. The highest BCUT2D eigenvalue weighted by atomic mass is 19.3. The summed E-state index contributed by atoms with van der Waals surface area (Å²) in [5.74, 6) is -3.16. The Morgan fingerprint density at radius 2 is 2.26 bits per heavy atom. The molecule has 6 heteroatoms. The smallest absolute Gasteiger partial charge is 0.340 e. The zero-order chi connectivity index (χ0) is 14.0. The van der Waals surface area contributed by atoms with Crippen LogP contribution < -0.4 is 10.6 Å². The van der Waals surface area contributed by atoms with Gasteiger partial charge in [0.05, 0.1) is 18.7 Å². The Kier molecular flexibility index (Phi) is 3.59. The molecular weight excluding hydrogens is 254 g/mol. The van der Waals surface area contributed by atoms with Crippen molar-refractivity contribution in [3.8, 4) is 0 Å². The zero-order valence-corrected chi connectivity index (χ0v) is 10.7. The first-order valence-corrected chi connectivity index (χ1v) is 6.12. The molecular formula is C13H16F2N2O2. The quantitative estimate of drug-likeness (QED) is 0.676. The molecule has 0 aliphatic carbocycles. The van der Waals surface area contributed by atoms with Crippen LogP contribution in [0.1, 0.15) is 23.7 Å². The normalized spacial score (nSPS) is 17.5. The second-order valence-electron chi connectivity index (χ2n) is 4.52. The van der Waals surface area contributed by atoms with Gasteiger partial charge in [0, 0.05) is 24.3 Å². The number of rotatable bonds is 3. The van der Waals surface area contributed by atoms with Crippen molar-refractivity contribution >= 4 is 17.3 Å². The number of hydrogen-bond acceptors (Lipinski definition) is 4. The van der Waals surface area contributed by atoms with Crippen molar-refractivity contribution in [3.63, 3.8) is 0 Å². The van der Waals surface area contributed by atoms with E-state index < -0.39 is 11.9 Å². The molecule has 1 aliphatic rings. The summed E-state index contributed by atoms with van der Waals surface area (Å²) < 4.78 is 31.1. The van der Waals surface area contributed by atoms with Gasteiger partial charge in [-0.15, -0.1) is 0 Å². The highest BCUT2D eigenvalue weighted by molar-refractivity contribution is 5.95. The summed E-state index contributed by atoms with van der Waals surface area (Å²) in [6.07, 6.45) is -0.160. The number of carbonyl (C=O) groups is 1. The van der Waals surface area contributed by atoms with Crippen LogP contribution >= 0.6 is 0 Å². The maximum Gasteiger partial charge on any atom is 0.340 e. The van der Waals surface area contributed by atoms with Crippen LogP contribution in [0.15, 0.2) is 18.2 Å². The molecule has 0 bridgehead atoms. The van der Waals surface area contributed by atoms with Crippen LogP contribution in [0.2, 0.25) is 0 Å². The van der Waals surface area contributed by atoms with Crippen molar-refractivity contribution in [2.75, 3.05) is 30.3 Å². The Hall–Kier alpha value is -1.85. The van der Waals surface area contributed by atoms with Crippen LogP contribution in [-0.2, 0) is 4.74 Å². The fourth-order valence-corrected chi connectivity index (χ4v) is 2.10. The van der Waals surface area contributed by atoms with Gasteiger partial charge in [-0.3, -0.25) is 0 Å². The third-order valence-corrected chi connectivity index (χ3v) is 3.07. The highest BCUT2D eigenvalue weighted by Gasteiger charge is 2.38. The SMILES string of the molecule is CCOC(=O)c1ccc(N2CCC(F)(F)C2)cc1N. The number of halogens is 2. The molecule has 2 N–H and O–H groups in total. The molecule has 2 rings (SSSR count). The molecule has 0 radical (unpaired) electrons. The summed E-state index contributed by atoms with van der Waals surface area (Å²) in [7, 11) is 0. The first-order valence-electron chi connectivity index (χ1n) is 6.12. The number of hydrogen-bond donors (Lipinski definition) is 1. The lowest BCUT2D eigenvalue weighted by atomic mass is 10.1. The minimum atomic E-state index is -2.66. The van der Waals surface area contributed by atoms with Crippen molar-refractivity contribution in [1.29, 1.82) is 0 Å². The van der Waals surface area contributed by atoms with E-state index in [4.69, 9.17) is 10.5 Å². The fraction of sp³-hybridized carbons (Fsp3) is 0.462. The molecule has 1 saturated heterocycles. The standard InChI is InChI=1S/C13H16F2N2O2/c1-2-19-12(18)10-4-3-9(7-11(10)16)17-6-5-13(14,15)8-17/h3-4,7H,2,5-6,8,16H2,1H3. The van der Waals surface area contributed by atoms with E-state index in [9.17, 15) is 13.6 Å². The van der Waals surface area contributed by atoms with Crippen molar-refractivity contribution < 1.29 is 18.3 Å². The number of carbonyl (C=O) groups excluding carboxylic acids is 1. The van der Waals surface area contributed by atoms with Gasteiger partial charge in [0.2, 0.25) is 0 Å². The van der Waals surface area contributed by atoms with Crippen LogP contribution in [0.25, 0.3) is 0 Å². The van der Waals surface area contributed by atoms with Gasteiger partial charge in [-0.05, 0) is 25.1 Å². The maximum atomic E-state index is 13.1. The Morgan fingerprint density at radius 3 is 2.79 bits per heavy atom. The lowest BCUT2D eigenvalue weighted by Gasteiger charge is -2.19. The molecule has 0 aromatic heterocycles. The van der Waals surface area contributed by atoms with Crippen LogP contribution in [-0.4, -0.2) is 31.6 Å². The number of alkyl halides is 2. The van der Waals surface area contributed by atoms with Gasteiger partial charge in [0.1, 0.15) is 0 Å². The van der Waals surface area contributed by atoms with Crippen molar-refractivity contribution in [3.05, 3.63) is 23.8 Å². The average molecular weight is 270 g/mol. The second-order valence-corrected chi connectivity index (χ2v) is 4.52. The third kappa shape index (κ3) is 2.94. The number of ether oxygens (including phenoxy) is 1. The minimum absolute atomic E-state index is 0.160. The van der Waals surface area contributed by atoms with Gasteiger partial charge in [-0.2, -0.15) is 0 Å². The minimum Gasteiger partial charge on any atom is -0.462 e. The maximum absolute atomic E-state index is 13.1. The Balaban J connectivity index is 2.18. The van der Waals surface area contributed by atoms with Crippen LogP contribution in [0.3, 0.4) is 0 Å².